The van der Waals surface area contributed by atoms with Crippen molar-refractivity contribution in [2.45, 2.75) is 39.7 Å². The van der Waals surface area contributed by atoms with Crippen molar-refractivity contribution in [3.05, 3.63) is 46.4 Å². The number of hydrogen-bond acceptors (Lipinski definition) is 6. The highest BCUT2D eigenvalue weighted by Crippen LogP contribution is 2.25. The van der Waals surface area contributed by atoms with Crippen molar-refractivity contribution in [1.82, 2.24) is 14.9 Å². The summed E-state index contributed by atoms with van der Waals surface area (Å²) in [5.74, 6) is 2.36. The van der Waals surface area contributed by atoms with Gasteiger partial charge in [0.1, 0.15) is 5.75 Å². The summed E-state index contributed by atoms with van der Waals surface area (Å²) in [6.45, 7) is 7.04. The van der Waals surface area contributed by atoms with Gasteiger partial charge in [-0.3, -0.25) is 4.79 Å². The smallest absolute Gasteiger partial charge is 0.290 e. The van der Waals surface area contributed by atoms with Crippen LogP contribution in [0, 0.1) is 12.8 Å². The highest BCUT2D eigenvalue weighted by molar-refractivity contribution is 5.77. The van der Waals surface area contributed by atoms with Crippen molar-refractivity contribution >= 4 is 16.8 Å². The van der Waals surface area contributed by atoms with Crippen molar-refractivity contribution in [2.24, 2.45) is 5.92 Å². The zero-order valence-corrected chi connectivity index (χ0v) is 16.4. The van der Waals surface area contributed by atoms with Crippen molar-refractivity contribution < 1.29 is 9.26 Å². The summed E-state index contributed by atoms with van der Waals surface area (Å²) in [5, 5.41) is 9.03. The lowest BCUT2D eigenvalue weighted by Crippen LogP contribution is -2.34. The third kappa shape index (κ3) is 3.88. The van der Waals surface area contributed by atoms with E-state index in [1.54, 1.807) is 6.07 Å². The van der Waals surface area contributed by atoms with Crippen LogP contribution in [0.2, 0.25) is 0 Å². The molecule has 3 heterocycles. The molecular weight excluding hydrogens is 356 g/mol. The van der Waals surface area contributed by atoms with Gasteiger partial charge in [-0.25, -0.2) is 0 Å². The summed E-state index contributed by atoms with van der Waals surface area (Å²) in [7, 11) is 0. The molecule has 0 unspecified atom stereocenters. The first-order valence-electron chi connectivity index (χ1n) is 9.96. The minimum absolute atomic E-state index is 0.0888. The van der Waals surface area contributed by atoms with Gasteiger partial charge in [-0.15, -0.1) is 5.10 Å². The lowest BCUT2D eigenvalue weighted by Gasteiger charge is -2.32. The Bertz CT molecular complexity index is 985. The quantitative estimate of drug-likeness (QED) is 0.651. The Balaban J connectivity index is 1.27. The SMILES string of the molecule is CCn1oc2cc(OCCC3CCN(c4ccc(C)nn4)CC3)ccc2c1=O. The van der Waals surface area contributed by atoms with Gasteiger partial charge in [0.05, 0.1) is 24.2 Å². The molecule has 0 amide bonds. The second-order valence-corrected chi connectivity index (χ2v) is 7.35. The average molecular weight is 382 g/mol. The van der Waals surface area contributed by atoms with E-state index in [0.717, 1.165) is 49.6 Å². The van der Waals surface area contributed by atoms with E-state index in [1.807, 2.05) is 38.1 Å². The maximum absolute atomic E-state index is 12.1. The molecule has 1 saturated heterocycles. The normalized spacial score (nSPS) is 15.3. The van der Waals surface area contributed by atoms with Gasteiger partial charge in [-0.05, 0) is 63.3 Å². The molecule has 0 bridgehead atoms. The molecular formula is C21H26N4O3. The van der Waals surface area contributed by atoms with Crippen molar-refractivity contribution in [3.8, 4) is 5.75 Å². The maximum atomic E-state index is 12.1. The van der Waals surface area contributed by atoms with Gasteiger partial charge in [0.2, 0.25) is 0 Å². The first-order valence-corrected chi connectivity index (χ1v) is 9.96. The molecule has 1 aliphatic heterocycles. The van der Waals surface area contributed by atoms with E-state index in [2.05, 4.69) is 15.1 Å². The fourth-order valence-electron chi connectivity index (χ4n) is 3.70. The van der Waals surface area contributed by atoms with Crippen LogP contribution >= 0.6 is 0 Å². The van der Waals surface area contributed by atoms with Crippen molar-refractivity contribution in [3.63, 3.8) is 0 Å². The molecule has 1 aromatic carbocycles. The number of fused-ring (bicyclic) bond motifs is 1. The Morgan fingerprint density at radius 3 is 2.71 bits per heavy atom. The fourth-order valence-corrected chi connectivity index (χ4v) is 3.70. The number of anilines is 1. The standard InChI is InChI=1S/C21H26N4O3/c1-3-25-21(26)18-6-5-17(14-19(18)28-25)27-13-10-16-8-11-24(12-9-16)20-7-4-15(2)22-23-20/h4-7,14,16H,3,8-13H2,1-2H3. The van der Waals surface area contributed by atoms with Crippen LogP contribution in [-0.2, 0) is 6.54 Å². The van der Waals surface area contributed by atoms with Gasteiger partial charge in [-0.2, -0.15) is 9.84 Å². The van der Waals surface area contributed by atoms with E-state index in [-0.39, 0.29) is 5.56 Å². The first-order chi connectivity index (χ1) is 13.6. The molecule has 148 valence electrons. The molecule has 0 aliphatic carbocycles. The second-order valence-electron chi connectivity index (χ2n) is 7.35. The molecule has 0 atom stereocenters. The summed E-state index contributed by atoms with van der Waals surface area (Å²) in [4.78, 5) is 14.4. The Hall–Kier alpha value is -2.83. The van der Waals surface area contributed by atoms with Gasteiger partial charge in [0.15, 0.2) is 11.4 Å². The van der Waals surface area contributed by atoms with E-state index >= 15 is 0 Å². The number of piperidine rings is 1. The summed E-state index contributed by atoms with van der Waals surface area (Å²) < 4.78 is 12.8. The summed E-state index contributed by atoms with van der Waals surface area (Å²) in [5.41, 5.74) is 1.44. The molecule has 0 N–H and O–H groups in total. The zero-order valence-electron chi connectivity index (χ0n) is 16.4. The fraction of sp³-hybridized carbons (Fsp3) is 0.476. The Morgan fingerprint density at radius 2 is 2.00 bits per heavy atom. The van der Waals surface area contributed by atoms with Crippen LogP contribution in [0.1, 0.15) is 31.9 Å². The molecule has 4 rings (SSSR count). The number of aromatic nitrogens is 3. The maximum Gasteiger partial charge on any atom is 0.290 e. The Kier molecular flexibility index (Phi) is 5.32. The summed E-state index contributed by atoms with van der Waals surface area (Å²) in [6.07, 6.45) is 3.28. The van der Waals surface area contributed by atoms with Crippen molar-refractivity contribution in [2.75, 3.05) is 24.6 Å². The lowest BCUT2D eigenvalue weighted by molar-refractivity contribution is 0.257. The van der Waals surface area contributed by atoms with Crippen LogP contribution in [0.4, 0.5) is 5.82 Å². The van der Waals surface area contributed by atoms with Gasteiger partial charge in [-0.1, -0.05) is 0 Å². The van der Waals surface area contributed by atoms with E-state index in [0.29, 0.717) is 30.0 Å². The van der Waals surface area contributed by atoms with Crippen molar-refractivity contribution in [1.29, 1.82) is 0 Å². The first kappa shape index (κ1) is 18.5. The third-order valence-electron chi connectivity index (χ3n) is 5.42. The largest absolute Gasteiger partial charge is 0.493 e. The topological polar surface area (TPSA) is 73.4 Å². The van der Waals surface area contributed by atoms with E-state index in [4.69, 9.17) is 9.26 Å². The number of ether oxygens (including phenoxy) is 1. The molecule has 0 spiro atoms. The van der Waals surface area contributed by atoms with Crippen LogP contribution < -0.4 is 15.2 Å². The lowest BCUT2D eigenvalue weighted by atomic mass is 9.94. The molecule has 0 radical (unpaired) electrons. The highest BCUT2D eigenvalue weighted by atomic mass is 16.5. The average Bonchev–Trinajstić information content (AvgIpc) is 3.04. The number of hydrogen-bond donors (Lipinski definition) is 0. The predicted molar refractivity (Wildman–Crippen MR) is 108 cm³/mol. The Morgan fingerprint density at radius 1 is 1.18 bits per heavy atom. The van der Waals surface area contributed by atoms with Crippen LogP contribution in [0.25, 0.3) is 11.0 Å². The molecule has 2 aromatic heterocycles. The molecule has 28 heavy (non-hydrogen) atoms. The molecule has 7 heteroatoms. The number of nitrogens with zero attached hydrogens (tertiary/aromatic N) is 4. The minimum atomic E-state index is -0.0888. The van der Waals surface area contributed by atoms with Crippen LogP contribution in [0.3, 0.4) is 0 Å². The number of aryl methyl sites for hydroxylation is 2. The van der Waals surface area contributed by atoms with Gasteiger partial charge >= 0.3 is 0 Å². The molecule has 1 aliphatic rings. The monoisotopic (exact) mass is 382 g/mol. The molecule has 3 aromatic rings. The minimum Gasteiger partial charge on any atom is -0.493 e. The summed E-state index contributed by atoms with van der Waals surface area (Å²) in [6, 6.07) is 9.49. The molecule has 0 saturated carbocycles. The van der Waals surface area contributed by atoms with Gasteiger partial charge in [0, 0.05) is 19.2 Å². The number of rotatable bonds is 6. The molecule has 7 nitrogen and oxygen atoms in total. The highest BCUT2D eigenvalue weighted by Gasteiger charge is 2.20. The Labute approximate surface area is 163 Å². The van der Waals surface area contributed by atoms with Gasteiger partial charge < -0.3 is 14.2 Å². The van der Waals surface area contributed by atoms with Gasteiger partial charge in [0.25, 0.3) is 5.56 Å². The molecule has 1 fully saturated rings. The predicted octanol–water partition coefficient (Wildman–Crippen LogP) is 3.40. The summed E-state index contributed by atoms with van der Waals surface area (Å²) >= 11 is 0. The van der Waals surface area contributed by atoms with Crippen LogP contribution in [-0.4, -0.2) is 34.6 Å². The van der Waals surface area contributed by atoms with Crippen LogP contribution in [0.5, 0.6) is 5.75 Å². The van der Waals surface area contributed by atoms with E-state index < -0.39 is 0 Å². The number of benzene rings is 1. The second kappa shape index (κ2) is 8.04. The third-order valence-corrected chi connectivity index (χ3v) is 5.42. The van der Waals surface area contributed by atoms with E-state index in [9.17, 15) is 4.79 Å². The zero-order chi connectivity index (χ0) is 19.5. The van der Waals surface area contributed by atoms with E-state index in [1.165, 1.54) is 4.74 Å². The van der Waals surface area contributed by atoms with Crippen LogP contribution in [0.15, 0.2) is 39.6 Å².